The molecule has 118 valence electrons. The molecule has 6 nitrogen and oxygen atoms in total. The summed E-state index contributed by atoms with van der Waals surface area (Å²) in [6, 6.07) is 7.28. The second-order valence-electron chi connectivity index (χ2n) is 4.92. The molecule has 0 spiro atoms. The molecule has 1 amide bonds. The Morgan fingerprint density at radius 3 is 2.68 bits per heavy atom. The lowest BCUT2D eigenvalue weighted by Crippen LogP contribution is -2.35. The van der Waals surface area contributed by atoms with E-state index in [9.17, 15) is 9.59 Å². The number of amides is 1. The van der Waals surface area contributed by atoms with Crippen LogP contribution in [0, 0.1) is 0 Å². The van der Waals surface area contributed by atoms with E-state index in [1.165, 1.54) is 7.11 Å². The van der Waals surface area contributed by atoms with Gasteiger partial charge < -0.3 is 19.4 Å². The van der Waals surface area contributed by atoms with E-state index in [0.29, 0.717) is 23.4 Å². The van der Waals surface area contributed by atoms with Gasteiger partial charge in [-0.05, 0) is 30.5 Å². The molecule has 0 radical (unpaired) electrons. The van der Waals surface area contributed by atoms with Gasteiger partial charge in [0, 0.05) is 25.3 Å². The maximum Gasteiger partial charge on any atom is 0.253 e. The number of hydrogen-bond acceptors (Lipinski definition) is 4. The number of ether oxygens (including phenoxy) is 2. The van der Waals surface area contributed by atoms with E-state index < -0.39 is 0 Å². The number of benzene rings is 1. The second-order valence-corrected chi connectivity index (χ2v) is 4.92. The van der Waals surface area contributed by atoms with E-state index in [1.54, 1.807) is 24.1 Å². The number of carbonyl (C=O) groups excluding carboxylic acids is 1. The number of hydrogen-bond donors (Lipinski definition) is 1. The third kappa shape index (κ3) is 3.46. The van der Waals surface area contributed by atoms with Crippen molar-refractivity contribution >= 4 is 16.8 Å². The third-order valence-corrected chi connectivity index (χ3v) is 3.49. The van der Waals surface area contributed by atoms with Crippen LogP contribution in [0.5, 0.6) is 5.75 Å². The minimum absolute atomic E-state index is 0.0104. The molecule has 1 aromatic carbocycles. The predicted octanol–water partition coefficient (Wildman–Crippen LogP) is 1.53. The molecule has 0 aliphatic carbocycles. The molecule has 2 aromatic rings. The summed E-state index contributed by atoms with van der Waals surface area (Å²) in [7, 11) is 3.05. The van der Waals surface area contributed by atoms with Gasteiger partial charge in [-0.2, -0.15) is 0 Å². The quantitative estimate of drug-likeness (QED) is 0.878. The van der Waals surface area contributed by atoms with Gasteiger partial charge in [0.1, 0.15) is 12.4 Å². The van der Waals surface area contributed by atoms with Crippen molar-refractivity contribution in [3.63, 3.8) is 0 Å². The Morgan fingerprint density at radius 2 is 2.05 bits per heavy atom. The highest BCUT2D eigenvalue weighted by molar-refractivity contribution is 5.81. The summed E-state index contributed by atoms with van der Waals surface area (Å²) in [6.07, 6.45) is 0. The number of methoxy groups -OCH3 is 2. The monoisotopic (exact) mass is 304 g/mol. The van der Waals surface area contributed by atoms with Crippen LogP contribution in [-0.4, -0.2) is 43.2 Å². The van der Waals surface area contributed by atoms with Gasteiger partial charge in [-0.15, -0.1) is 0 Å². The zero-order chi connectivity index (χ0) is 16.1. The number of nitrogens with zero attached hydrogens (tertiary/aromatic N) is 1. The zero-order valence-electron chi connectivity index (χ0n) is 13.0. The first-order chi connectivity index (χ1) is 10.6. The molecule has 1 heterocycles. The van der Waals surface area contributed by atoms with Crippen LogP contribution in [0.4, 0.5) is 0 Å². The van der Waals surface area contributed by atoms with Crippen LogP contribution < -0.4 is 10.3 Å². The lowest BCUT2D eigenvalue weighted by Gasteiger charge is -2.20. The highest BCUT2D eigenvalue weighted by atomic mass is 16.5. The van der Waals surface area contributed by atoms with Crippen molar-refractivity contribution in [2.45, 2.75) is 13.5 Å². The van der Waals surface area contributed by atoms with E-state index >= 15 is 0 Å². The second kappa shape index (κ2) is 7.09. The van der Waals surface area contributed by atoms with Crippen LogP contribution in [0.15, 0.2) is 29.1 Å². The van der Waals surface area contributed by atoms with Gasteiger partial charge >= 0.3 is 0 Å². The number of nitrogens with one attached hydrogen (secondary N) is 1. The van der Waals surface area contributed by atoms with Crippen molar-refractivity contribution in [1.29, 1.82) is 0 Å². The van der Waals surface area contributed by atoms with Crippen LogP contribution >= 0.6 is 0 Å². The molecule has 0 atom stereocenters. The van der Waals surface area contributed by atoms with E-state index in [1.807, 2.05) is 19.1 Å². The van der Waals surface area contributed by atoms with Crippen molar-refractivity contribution in [2.75, 3.05) is 27.4 Å². The minimum Gasteiger partial charge on any atom is -0.497 e. The van der Waals surface area contributed by atoms with Crippen LogP contribution in [0.2, 0.25) is 0 Å². The average Bonchev–Trinajstić information content (AvgIpc) is 2.52. The highest BCUT2D eigenvalue weighted by Crippen LogP contribution is 2.18. The summed E-state index contributed by atoms with van der Waals surface area (Å²) in [4.78, 5) is 28.5. The van der Waals surface area contributed by atoms with E-state index in [4.69, 9.17) is 9.47 Å². The first kappa shape index (κ1) is 16.0. The van der Waals surface area contributed by atoms with E-state index in [0.717, 1.165) is 5.39 Å². The fraction of sp³-hybridized carbons (Fsp3) is 0.375. The maximum atomic E-state index is 12.2. The van der Waals surface area contributed by atoms with Crippen molar-refractivity contribution in [2.24, 2.45) is 0 Å². The van der Waals surface area contributed by atoms with Gasteiger partial charge in [0.2, 0.25) is 5.91 Å². The van der Waals surface area contributed by atoms with Crippen molar-refractivity contribution in [1.82, 2.24) is 9.88 Å². The third-order valence-electron chi connectivity index (χ3n) is 3.49. The van der Waals surface area contributed by atoms with Gasteiger partial charge in [-0.1, -0.05) is 0 Å². The lowest BCUT2D eigenvalue weighted by molar-refractivity contribution is -0.135. The number of aromatic amines is 1. The van der Waals surface area contributed by atoms with Crippen LogP contribution in [0.25, 0.3) is 10.9 Å². The zero-order valence-corrected chi connectivity index (χ0v) is 13.0. The Morgan fingerprint density at radius 1 is 1.27 bits per heavy atom. The summed E-state index contributed by atoms with van der Waals surface area (Å²) in [6.45, 7) is 2.66. The summed E-state index contributed by atoms with van der Waals surface area (Å²) in [5, 5.41) is 0.894. The number of fused-ring (bicyclic) bond motifs is 1. The molecule has 0 aliphatic rings. The topological polar surface area (TPSA) is 71.6 Å². The van der Waals surface area contributed by atoms with Crippen LogP contribution in [-0.2, 0) is 16.1 Å². The van der Waals surface area contributed by atoms with Gasteiger partial charge in [-0.25, -0.2) is 0 Å². The molecule has 0 saturated heterocycles. The molecular formula is C16H20N2O4. The number of rotatable bonds is 6. The molecule has 0 bridgehead atoms. The molecule has 22 heavy (non-hydrogen) atoms. The smallest absolute Gasteiger partial charge is 0.253 e. The number of pyridine rings is 1. The Kier molecular flexibility index (Phi) is 5.16. The van der Waals surface area contributed by atoms with Crippen LogP contribution in [0.3, 0.4) is 0 Å². The van der Waals surface area contributed by atoms with Crippen molar-refractivity contribution in [3.05, 3.63) is 40.2 Å². The molecule has 0 saturated carbocycles. The fourth-order valence-electron chi connectivity index (χ4n) is 2.27. The summed E-state index contributed by atoms with van der Waals surface area (Å²) < 4.78 is 10.0. The number of H-pyrrole nitrogens is 1. The fourth-order valence-corrected chi connectivity index (χ4v) is 2.27. The first-order valence-corrected chi connectivity index (χ1v) is 7.05. The first-order valence-electron chi connectivity index (χ1n) is 7.05. The van der Waals surface area contributed by atoms with Gasteiger partial charge in [0.25, 0.3) is 5.56 Å². The summed E-state index contributed by atoms with van der Waals surface area (Å²) in [5.74, 6) is 0.542. The van der Waals surface area contributed by atoms with Gasteiger partial charge in [0.05, 0.1) is 19.2 Å². The molecule has 2 rings (SSSR count). The Bertz CT molecular complexity index is 724. The van der Waals surface area contributed by atoms with Crippen molar-refractivity contribution < 1.29 is 14.3 Å². The lowest BCUT2D eigenvalue weighted by atomic mass is 10.1. The summed E-state index contributed by atoms with van der Waals surface area (Å²) in [5.41, 5.74) is 1.05. The molecule has 0 unspecified atom stereocenters. The molecule has 0 fully saturated rings. The standard InChI is InChI=1S/C16H20N2O4/c1-4-18(15(19)10-21-2)9-12-7-11-5-6-13(22-3)8-14(11)17-16(12)20/h5-8H,4,9-10H2,1-3H3,(H,17,20). The molecule has 0 aliphatic heterocycles. The normalized spacial score (nSPS) is 10.7. The number of likely N-dealkylation sites (N-methyl/N-ethyl adjacent to an activating group) is 1. The highest BCUT2D eigenvalue weighted by Gasteiger charge is 2.14. The van der Waals surface area contributed by atoms with Gasteiger partial charge in [0.15, 0.2) is 0 Å². The molecule has 1 aromatic heterocycles. The largest absolute Gasteiger partial charge is 0.497 e. The average molecular weight is 304 g/mol. The Hall–Kier alpha value is -2.34. The van der Waals surface area contributed by atoms with E-state index in [2.05, 4.69) is 4.98 Å². The molecule has 1 N–H and O–H groups in total. The maximum absolute atomic E-state index is 12.2. The van der Waals surface area contributed by atoms with Crippen molar-refractivity contribution in [3.8, 4) is 5.75 Å². The Balaban J connectivity index is 2.33. The van der Waals surface area contributed by atoms with E-state index in [-0.39, 0.29) is 24.6 Å². The molecular weight excluding hydrogens is 284 g/mol. The minimum atomic E-state index is -0.204. The van der Waals surface area contributed by atoms with Gasteiger partial charge in [-0.3, -0.25) is 9.59 Å². The predicted molar refractivity (Wildman–Crippen MR) is 84.1 cm³/mol. The molecule has 6 heteroatoms. The SMILES string of the molecule is CCN(Cc1cc2ccc(OC)cc2[nH]c1=O)C(=O)COC. The number of carbonyl (C=O) groups is 1. The van der Waals surface area contributed by atoms with Crippen LogP contribution in [0.1, 0.15) is 12.5 Å². The summed E-state index contributed by atoms with van der Waals surface area (Å²) >= 11 is 0. The number of aromatic nitrogens is 1. The Labute approximate surface area is 128 Å².